The van der Waals surface area contributed by atoms with Gasteiger partial charge in [0, 0.05) is 0 Å². The number of esters is 1. The van der Waals surface area contributed by atoms with Gasteiger partial charge in [0.25, 0.3) is 0 Å². The molecule has 0 spiro atoms. The molecule has 1 saturated carbocycles. The Morgan fingerprint density at radius 2 is 1.64 bits per heavy atom. The van der Waals surface area contributed by atoms with Gasteiger partial charge in [0.05, 0.1) is 29.7 Å². The largest absolute Gasteiger partial charge is 0.462 e. The number of imide groups is 1. The highest BCUT2D eigenvalue weighted by molar-refractivity contribution is 6.22. The number of carbonyl (C=O) groups is 3. The second kappa shape index (κ2) is 5.91. The minimum absolute atomic E-state index is 0.0985. The Morgan fingerprint density at radius 3 is 2.14 bits per heavy atom. The second-order valence-corrected chi connectivity index (χ2v) is 5.78. The first-order valence-electron chi connectivity index (χ1n) is 7.78. The van der Waals surface area contributed by atoms with Crippen molar-refractivity contribution < 1.29 is 19.1 Å². The predicted molar refractivity (Wildman–Crippen MR) is 80.3 cm³/mol. The number of rotatable bonds is 3. The van der Waals surface area contributed by atoms with E-state index in [4.69, 9.17) is 4.74 Å². The van der Waals surface area contributed by atoms with Gasteiger partial charge in [-0.15, -0.1) is 0 Å². The number of carbonyl (C=O) groups excluding carboxylic acids is 3. The molecule has 0 N–H and O–H groups in total. The fraction of sp³-hybridized carbons (Fsp3) is 0.471. The lowest BCUT2D eigenvalue weighted by Crippen LogP contribution is -2.30. The van der Waals surface area contributed by atoms with Gasteiger partial charge in [0.2, 0.25) is 11.8 Å². The molecule has 1 aromatic carbocycles. The Labute approximate surface area is 129 Å². The third-order valence-electron chi connectivity index (χ3n) is 4.48. The Kier molecular flexibility index (Phi) is 3.96. The number of ether oxygens (including phenoxy) is 1. The van der Waals surface area contributed by atoms with E-state index in [2.05, 4.69) is 0 Å². The van der Waals surface area contributed by atoms with Crippen LogP contribution in [0, 0.1) is 11.8 Å². The summed E-state index contributed by atoms with van der Waals surface area (Å²) in [5.41, 5.74) is 0.958. The van der Waals surface area contributed by atoms with Crippen LogP contribution in [0.25, 0.3) is 0 Å². The molecular formula is C17H19NO4. The maximum absolute atomic E-state index is 12.5. The van der Waals surface area contributed by atoms with Crippen LogP contribution in [0.1, 0.15) is 43.0 Å². The molecule has 1 saturated heterocycles. The average molecular weight is 301 g/mol. The van der Waals surface area contributed by atoms with Gasteiger partial charge in [-0.3, -0.25) is 14.5 Å². The number of hydrogen-bond acceptors (Lipinski definition) is 4. The third-order valence-corrected chi connectivity index (χ3v) is 4.48. The van der Waals surface area contributed by atoms with E-state index in [1.165, 1.54) is 4.90 Å². The molecule has 0 aromatic heterocycles. The number of nitrogens with zero attached hydrogens (tertiary/aromatic N) is 1. The molecule has 2 aliphatic rings. The summed E-state index contributed by atoms with van der Waals surface area (Å²) in [6.45, 7) is 2.06. The molecule has 2 atom stereocenters. The minimum Gasteiger partial charge on any atom is -0.462 e. The first-order valence-corrected chi connectivity index (χ1v) is 7.78. The van der Waals surface area contributed by atoms with Crippen molar-refractivity contribution >= 4 is 23.5 Å². The maximum atomic E-state index is 12.5. The summed E-state index contributed by atoms with van der Waals surface area (Å²) < 4.78 is 4.93. The fourth-order valence-electron chi connectivity index (χ4n) is 3.38. The summed E-state index contributed by atoms with van der Waals surface area (Å²) in [6, 6.07) is 6.46. The van der Waals surface area contributed by atoms with E-state index < -0.39 is 5.97 Å². The van der Waals surface area contributed by atoms with Crippen LogP contribution >= 0.6 is 0 Å². The number of benzene rings is 1. The fourth-order valence-corrected chi connectivity index (χ4v) is 3.38. The van der Waals surface area contributed by atoms with Crippen LogP contribution in [0.15, 0.2) is 24.3 Å². The quantitative estimate of drug-likeness (QED) is 0.636. The molecule has 1 heterocycles. The standard InChI is InChI=1S/C17H19NO4/c1-2-22-17(21)11-7-9-12(10-8-11)18-15(19)13-5-3-4-6-14(13)16(18)20/h7-10,13-14H,2-6H2,1H3/t13-,14-/m1/s1. The van der Waals surface area contributed by atoms with E-state index >= 15 is 0 Å². The Bertz CT molecular complexity index is 584. The molecule has 0 radical (unpaired) electrons. The molecule has 2 amide bonds. The van der Waals surface area contributed by atoms with Crippen molar-refractivity contribution in [1.82, 2.24) is 0 Å². The molecule has 2 fully saturated rings. The van der Waals surface area contributed by atoms with Gasteiger partial charge in [-0.25, -0.2) is 4.79 Å². The minimum atomic E-state index is -0.401. The van der Waals surface area contributed by atoms with E-state index in [1.807, 2.05) is 0 Å². The molecule has 5 heteroatoms. The van der Waals surface area contributed by atoms with Crippen molar-refractivity contribution in [2.45, 2.75) is 32.6 Å². The van der Waals surface area contributed by atoms with Gasteiger partial charge in [0.1, 0.15) is 0 Å². The molecule has 0 bridgehead atoms. The molecule has 1 aliphatic carbocycles. The summed E-state index contributed by atoms with van der Waals surface area (Å²) in [4.78, 5) is 37.9. The molecule has 1 aromatic rings. The van der Waals surface area contributed by atoms with Gasteiger partial charge < -0.3 is 4.74 Å². The summed E-state index contributed by atoms with van der Waals surface area (Å²) in [6.07, 6.45) is 3.62. The molecule has 3 rings (SSSR count). The molecular weight excluding hydrogens is 282 g/mol. The van der Waals surface area contributed by atoms with Gasteiger partial charge in [-0.05, 0) is 44.0 Å². The van der Waals surface area contributed by atoms with E-state index in [1.54, 1.807) is 31.2 Å². The Hall–Kier alpha value is -2.17. The molecule has 22 heavy (non-hydrogen) atoms. The normalized spacial score (nSPS) is 24.3. The van der Waals surface area contributed by atoms with Crippen LogP contribution in [-0.4, -0.2) is 24.4 Å². The zero-order chi connectivity index (χ0) is 15.7. The maximum Gasteiger partial charge on any atom is 0.338 e. The molecule has 0 unspecified atom stereocenters. The monoisotopic (exact) mass is 301 g/mol. The van der Waals surface area contributed by atoms with Crippen LogP contribution < -0.4 is 4.90 Å². The zero-order valence-electron chi connectivity index (χ0n) is 12.6. The van der Waals surface area contributed by atoms with E-state index in [0.29, 0.717) is 17.9 Å². The van der Waals surface area contributed by atoms with Gasteiger partial charge in [0.15, 0.2) is 0 Å². The highest BCUT2D eigenvalue weighted by Gasteiger charge is 2.48. The third kappa shape index (κ3) is 2.40. The zero-order valence-corrected chi connectivity index (χ0v) is 12.6. The summed E-state index contributed by atoms with van der Waals surface area (Å²) in [5, 5.41) is 0. The lowest BCUT2D eigenvalue weighted by molar-refractivity contribution is -0.122. The molecule has 116 valence electrons. The second-order valence-electron chi connectivity index (χ2n) is 5.78. The van der Waals surface area contributed by atoms with Crippen molar-refractivity contribution in [1.29, 1.82) is 0 Å². The van der Waals surface area contributed by atoms with Crippen LogP contribution in [0.4, 0.5) is 5.69 Å². The van der Waals surface area contributed by atoms with Crippen molar-refractivity contribution in [3.8, 4) is 0 Å². The smallest absolute Gasteiger partial charge is 0.338 e. The first-order chi connectivity index (χ1) is 10.6. The van der Waals surface area contributed by atoms with E-state index in [9.17, 15) is 14.4 Å². The Balaban J connectivity index is 1.83. The average Bonchev–Trinajstić information content (AvgIpc) is 2.80. The van der Waals surface area contributed by atoms with Crippen LogP contribution in [0.3, 0.4) is 0 Å². The van der Waals surface area contributed by atoms with E-state index in [-0.39, 0.29) is 23.7 Å². The highest BCUT2D eigenvalue weighted by atomic mass is 16.5. The topological polar surface area (TPSA) is 63.7 Å². The van der Waals surface area contributed by atoms with E-state index in [0.717, 1.165) is 25.7 Å². The number of amides is 2. The predicted octanol–water partition coefficient (Wildman–Crippen LogP) is 2.54. The first kappa shape index (κ1) is 14.8. The number of hydrogen-bond donors (Lipinski definition) is 0. The van der Waals surface area contributed by atoms with Crippen LogP contribution in [0.2, 0.25) is 0 Å². The van der Waals surface area contributed by atoms with Crippen molar-refractivity contribution in [3.05, 3.63) is 29.8 Å². The van der Waals surface area contributed by atoms with Gasteiger partial charge in [-0.2, -0.15) is 0 Å². The van der Waals surface area contributed by atoms with Crippen molar-refractivity contribution in [3.63, 3.8) is 0 Å². The van der Waals surface area contributed by atoms with Crippen LogP contribution in [0.5, 0.6) is 0 Å². The molecule has 1 aliphatic heterocycles. The van der Waals surface area contributed by atoms with Crippen molar-refractivity contribution in [2.75, 3.05) is 11.5 Å². The van der Waals surface area contributed by atoms with Crippen LogP contribution in [-0.2, 0) is 14.3 Å². The lowest BCUT2D eigenvalue weighted by atomic mass is 9.81. The highest BCUT2D eigenvalue weighted by Crippen LogP contribution is 2.40. The lowest BCUT2D eigenvalue weighted by Gasteiger charge is -2.19. The summed E-state index contributed by atoms with van der Waals surface area (Å²) >= 11 is 0. The summed E-state index contributed by atoms with van der Waals surface area (Å²) in [7, 11) is 0. The number of fused-ring (bicyclic) bond motifs is 1. The molecule has 5 nitrogen and oxygen atoms in total. The number of anilines is 1. The Morgan fingerprint density at radius 1 is 1.09 bits per heavy atom. The SMILES string of the molecule is CCOC(=O)c1ccc(N2C(=O)[C@@H]3CCCC[C@H]3C2=O)cc1. The summed E-state index contributed by atoms with van der Waals surface area (Å²) in [5.74, 6) is -0.920. The van der Waals surface area contributed by atoms with Gasteiger partial charge in [-0.1, -0.05) is 12.8 Å². The van der Waals surface area contributed by atoms with Crippen molar-refractivity contribution in [2.24, 2.45) is 11.8 Å². The van der Waals surface area contributed by atoms with Gasteiger partial charge >= 0.3 is 5.97 Å².